The van der Waals surface area contributed by atoms with Gasteiger partial charge >= 0.3 is 6.18 Å². The molecule has 0 saturated heterocycles. The normalized spacial score (nSPS) is 12.1. The molecule has 0 bridgehead atoms. The third-order valence-electron chi connectivity index (χ3n) is 3.10. The number of nitrogens with one attached hydrogen (secondary N) is 1. The number of carbonyl (C=O) groups is 1. The number of hydrogen-bond acceptors (Lipinski definition) is 3. The third-order valence-corrected chi connectivity index (χ3v) is 3.10. The molecule has 0 spiro atoms. The molecule has 0 unspecified atom stereocenters. The van der Waals surface area contributed by atoms with Crippen molar-refractivity contribution >= 4 is 11.6 Å². The fourth-order valence-electron chi connectivity index (χ4n) is 1.96. The number of amides is 1. The first-order chi connectivity index (χ1) is 10.8. The molecule has 7 heteroatoms. The molecule has 1 amide bonds. The van der Waals surface area contributed by atoms with Crippen molar-refractivity contribution in [3.05, 3.63) is 65.2 Å². The second kappa shape index (κ2) is 6.51. The topological polar surface area (TPSA) is 61.7 Å². The van der Waals surface area contributed by atoms with Crippen LogP contribution in [-0.2, 0) is 6.18 Å². The van der Waals surface area contributed by atoms with E-state index >= 15 is 0 Å². The predicted octanol–water partition coefficient (Wildman–Crippen LogP) is 3.57. The van der Waals surface area contributed by atoms with Crippen molar-refractivity contribution in [2.45, 2.75) is 13.1 Å². The minimum Gasteiger partial charge on any atom is -0.507 e. The molecule has 0 aromatic heterocycles. The number of rotatable bonds is 3. The zero-order valence-electron chi connectivity index (χ0n) is 12.1. The van der Waals surface area contributed by atoms with Gasteiger partial charge in [-0.15, -0.1) is 0 Å². The Morgan fingerprint density at radius 2 is 1.61 bits per heavy atom. The van der Waals surface area contributed by atoms with Crippen LogP contribution in [0, 0.1) is 0 Å². The van der Waals surface area contributed by atoms with E-state index < -0.39 is 23.2 Å². The molecule has 23 heavy (non-hydrogen) atoms. The van der Waals surface area contributed by atoms with Gasteiger partial charge in [-0.2, -0.15) is 18.3 Å². The molecule has 0 radical (unpaired) electrons. The third kappa shape index (κ3) is 3.88. The summed E-state index contributed by atoms with van der Waals surface area (Å²) in [6.07, 6.45) is -4.63. The molecule has 120 valence electrons. The number of carbonyl (C=O) groups excluding carboxylic acids is 1. The number of nitrogens with zero attached hydrogens (tertiary/aromatic N) is 1. The van der Waals surface area contributed by atoms with Gasteiger partial charge in [0.25, 0.3) is 5.91 Å². The van der Waals surface area contributed by atoms with Gasteiger partial charge in [-0.05, 0) is 31.2 Å². The Balaban J connectivity index is 2.24. The molecule has 0 atom stereocenters. The minimum absolute atomic E-state index is 0.0429. The van der Waals surface area contributed by atoms with Crippen LogP contribution in [0.3, 0.4) is 0 Å². The Labute approximate surface area is 130 Å². The largest absolute Gasteiger partial charge is 0.507 e. The molecule has 0 heterocycles. The summed E-state index contributed by atoms with van der Waals surface area (Å²) in [4.78, 5) is 12.0. The van der Waals surface area contributed by atoms with Crippen LogP contribution in [0.25, 0.3) is 0 Å². The quantitative estimate of drug-likeness (QED) is 0.670. The van der Waals surface area contributed by atoms with E-state index in [1.807, 2.05) is 0 Å². The monoisotopic (exact) mass is 322 g/mol. The average Bonchev–Trinajstić information content (AvgIpc) is 2.52. The molecule has 2 aromatic carbocycles. The fraction of sp³-hybridized carbons (Fsp3) is 0.125. The van der Waals surface area contributed by atoms with Crippen molar-refractivity contribution in [3.8, 4) is 5.75 Å². The Kier molecular flexibility index (Phi) is 4.68. The summed E-state index contributed by atoms with van der Waals surface area (Å²) in [6.45, 7) is 1.52. The van der Waals surface area contributed by atoms with E-state index in [0.29, 0.717) is 5.56 Å². The van der Waals surface area contributed by atoms with E-state index in [2.05, 4.69) is 10.5 Å². The molecule has 2 aromatic rings. The summed E-state index contributed by atoms with van der Waals surface area (Å²) < 4.78 is 38.6. The summed E-state index contributed by atoms with van der Waals surface area (Å²) in [5.41, 5.74) is 1.16. The molecule has 4 nitrogen and oxygen atoms in total. The van der Waals surface area contributed by atoms with Crippen LogP contribution >= 0.6 is 0 Å². The maximum absolute atomic E-state index is 12.9. The van der Waals surface area contributed by atoms with Crippen LogP contribution in [0.2, 0.25) is 0 Å². The first-order valence-electron chi connectivity index (χ1n) is 6.60. The number of alkyl halides is 3. The number of phenols is 1. The van der Waals surface area contributed by atoms with Crippen molar-refractivity contribution in [1.29, 1.82) is 0 Å². The van der Waals surface area contributed by atoms with Crippen molar-refractivity contribution in [3.63, 3.8) is 0 Å². The maximum Gasteiger partial charge on any atom is 0.417 e. The lowest BCUT2D eigenvalue weighted by atomic mass is 10.1. The number of benzene rings is 2. The van der Waals surface area contributed by atoms with Crippen LogP contribution in [0.1, 0.15) is 28.4 Å². The molecule has 0 aliphatic carbocycles. The summed E-state index contributed by atoms with van der Waals surface area (Å²) >= 11 is 0. The maximum atomic E-state index is 12.9. The van der Waals surface area contributed by atoms with E-state index in [-0.39, 0.29) is 11.5 Å². The molecule has 0 saturated carbocycles. The van der Waals surface area contributed by atoms with Gasteiger partial charge in [0.1, 0.15) is 5.75 Å². The second-order valence-electron chi connectivity index (χ2n) is 4.70. The smallest absolute Gasteiger partial charge is 0.417 e. The highest BCUT2D eigenvalue weighted by Crippen LogP contribution is 2.31. The van der Waals surface area contributed by atoms with Gasteiger partial charge in [-0.25, -0.2) is 5.43 Å². The Morgan fingerprint density at radius 3 is 2.22 bits per heavy atom. The first-order valence-corrected chi connectivity index (χ1v) is 6.60. The molecule has 2 rings (SSSR count). The molecule has 0 aliphatic rings. The van der Waals surface area contributed by atoms with Crippen LogP contribution < -0.4 is 5.43 Å². The van der Waals surface area contributed by atoms with E-state index in [4.69, 9.17) is 0 Å². The highest BCUT2D eigenvalue weighted by molar-refractivity contribution is 6.02. The Hall–Kier alpha value is -2.83. The van der Waals surface area contributed by atoms with Gasteiger partial charge in [0.15, 0.2) is 0 Å². The van der Waals surface area contributed by atoms with Gasteiger partial charge in [0, 0.05) is 5.56 Å². The van der Waals surface area contributed by atoms with Gasteiger partial charge in [0.05, 0.1) is 16.8 Å². The predicted molar refractivity (Wildman–Crippen MR) is 79.2 cm³/mol. The Morgan fingerprint density at radius 1 is 1.04 bits per heavy atom. The van der Waals surface area contributed by atoms with Crippen LogP contribution in [0.5, 0.6) is 5.75 Å². The van der Waals surface area contributed by atoms with Crippen molar-refractivity contribution in [1.82, 2.24) is 5.43 Å². The summed E-state index contributed by atoms with van der Waals surface area (Å²) in [6, 6.07) is 10.7. The summed E-state index contributed by atoms with van der Waals surface area (Å²) in [7, 11) is 0. The average molecular weight is 322 g/mol. The lowest BCUT2D eigenvalue weighted by molar-refractivity contribution is -0.137. The van der Waals surface area contributed by atoms with E-state index in [9.17, 15) is 23.1 Å². The van der Waals surface area contributed by atoms with Gasteiger partial charge < -0.3 is 5.11 Å². The zero-order chi connectivity index (χ0) is 17.0. The standard InChI is InChI=1S/C16H13F3N2O2/c1-10(11-6-3-5-9-14(11)22)20-21-15(23)12-7-2-4-8-13(12)16(17,18)19/h2-9,22H,1H3,(H,21,23)/b20-10+. The molecular weight excluding hydrogens is 309 g/mol. The molecule has 2 N–H and O–H groups in total. The first kappa shape index (κ1) is 16.5. The second-order valence-corrected chi connectivity index (χ2v) is 4.70. The number of phenolic OH excluding ortho intramolecular Hbond substituents is 1. The van der Waals surface area contributed by atoms with E-state index in [1.54, 1.807) is 18.2 Å². The fourth-order valence-corrected chi connectivity index (χ4v) is 1.96. The molecular formula is C16H13F3N2O2. The van der Waals surface area contributed by atoms with Crippen LogP contribution in [-0.4, -0.2) is 16.7 Å². The highest BCUT2D eigenvalue weighted by Gasteiger charge is 2.34. The molecule has 0 aliphatic heterocycles. The summed E-state index contributed by atoms with van der Waals surface area (Å²) in [5.74, 6) is -1.02. The van der Waals surface area contributed by atoms with Gasteiger partial charge in [0.2, 0.25) is 0 Å². The summed E-state index contributed by atoms with van der Waals surface area (Å²) in [5, 5.41) is 13.4. The van der Waals surface area contributed by atoms with E-state index in [0.717, 1.165) is 12.1 Å². The minimum atomic E-state index is -4.63. The van der Waals surface area contributed by atoms with Crippen molar-refractivity contribution in [2.75, 3.05) is 0 Å². The lowest BCUT2D eigenvalue weighted by Gasteiger charge is -2.11. The number of aromatic hydroxyl groups is 1. The number of para-hydroxylation sites is 1. The van der Waals surface area contributed by atoms with Gasteiger partial charge in [-0.1, -0.05) is 24.3 Å². The van der Waals surface area contributed by atoms with Crippen LogP contribution in [0.15, 0.2) is 53.6 Å². The number of hydrazone groups is 1. The van der Waals surface area contributed by atoms with Crippen molar-refractivity contribution in [2.24, 2.45) is 5.10 Å². The highest BCUT2D eigenvalue weighted by atomic mass is 19.4. The zero-order valence-corrected chi connectivity index (χ0v) is 12.1. The van der Waals surface area contributed by atoms with Gasteiger partial charge in [-0.3, -0.25) is 4.79 Å². The van der Waals surface area contributed by atoms with E-state index in [1.165, 1.54) is 25.1 Å². The molecule has 0 fully saturated rings. The number of halogens is 3. The van der Waals surface area contributed by atoms with Crippen LogP contribution in [0.4, 0.5) is 13.2 Å². The lowest BCUT2D eigenvalue weighted by Crippen LogP contribution is -2.23. The Bertz CT molecular complexity index is 755. The van der Waals surface area contributed by atoms with Crippen molar-refractivity contribution < 1.29 is 23.1 Å². The SMILES string of the molecule is C/C(=N\NC(=O)c1ccccc1C(F)(F)F)c1ccccc1O. The number of hydrogen-bond donors (Lipinski definition) is 2.